The van der Waals surface area contributed by atoms with Crippen LogP contribution in [-0.4, -0.2) is 73.1 Å². The molecule has 2 saturated heterocycles. The molecule has 4 unspecified atom stereocenters. The van der Waals surface area contributed by atoms with Gasteiger partial charge in [0.25, 0.3) is 0 Å². The quantitative estimate of drug-likeness (QED) is 0.278. The minimum Gasteiger partial charge on any atom is -0.389 e. The molecule has 13 atom stereocenters. The Morgan fingerprint density at radius 2 is 1.95 bits per heavy atom. The highest BCUT2D eigenvalue weighted by molar-refractivity contribution is 7.16. The van der Waals surface area contributed by atoms with Crippen LogP contribution in [0.3, 0.4) is 0 Å². The molecular formula is C32H50NO4P. The largest absolute Gasteiger partial charge is 0.389 e. The van der Waals surface area contributed by atoms with E-state index in [9.17, 15) is 5.11 Å². The first-order valence-corrected chi connectivity index (χ1v) is 16.9. The molecule has 0 aromatic heterocycles. The molecule has 8 rings (SSSR count). The first-order valence-electron chi connectivity index (χ1n) is 16.0. The van der Waals surface area contributed by atoms with Crippen molar-refractivity contribution in [3.8, 4) is 0 Å². The molecule has 5 nitrogen and oxygen atoms in total. The highest BCUT2D eigenvalue weighted by Crippen LogP contribution is 2.93. The van der Waals surface area contributed by atoms with E-state index in [4.69, 9.17) is 14.2 Å². The maximum absolute atomic E-state index is 10.4. The molecule has 6 heteroatoms. The third kappa shape index (κ3) is 3.16. The molecule has 1 N–H and O–H groups in total. The summed E-state index contributed by atoms with van der Waals surface area (Å²) in [5.41, 5.74) is 3.17. The summed E-state index contributed by atoms with van der Waals surface area (Å²) in [5.74, 6) is 4.12. The molecule has 3 spiro atoms. The van der Waals surface area contributed by atoms with Gasteiger partial charge in [-0.3, -0.25) is 4.90 Å². The summed E-state index contributed by atoms with van der Waals surface area (Å²) in [4.78, 5) is 2.78. The van der Waals surface area contributed by atoms with E-state index in [1.165, 1.54) is 64.3 Å². The molecule has 6 aliphatic carbocycles. The fourth-order valence-electron chi connectivity index (χ4n) is 12.7. The smallest absolute Gasteiger partial charge is 0.0793 e. The number of allylic oxidation sites excluding steroid dienone is 1. The average Bonchev–Trinajstić information content (AvgIpc) is 3.37. The molecule has 0 aromatic rings. The second-order valence-electron chi connectivity index (χ2n) is 15.2. The lowest BCUT2D eigenvalue weighted by molar-refractivity contribution is -0.211. The van der Waals surface area contributed by atoms with E-state index in [1.807, 2.05) is 0 Å². The van der Waals surface area contributed by atoms with E-state index >= 15 is 0 Å². The third-order valence-electron chi connectivity index (χ3n) is 14.0. The lowest BCUT2D eigenvalue weighted by atomic mass is 9.47. The standard InChI is InChI=1S/C32H50NO4P/c1-20-13-27-28(33(17-20)9-10-35-11-12-36-19-38)26-16-31-18-30(31)15-25-23(24(30)6-8-32(26,31)37-27)4-3-21-14-22(34)5-7-29(21,25)2/h14,20,22-28,34H,3-13,15-19,38H2,1-2H3/t20-,22-,23?,24-,25-,26+,27+,28-,29-,30?,31?,32+/m0/s1. The molecule has 212 valence electrons. The number of ether oxygens (including phenoxy) is 3. The van der Waals surface area contributed by atoms with Crippen LogP contribution < -0.4 is 0 Å². The van der Waals surface area contributed by atoms with Crippen molar-refractivity contribution in [3.05, 3.63) is 11.6 Å². The molecule has 0 bridgehead atoms. The van der Waals surface area contributed by atoms with Crippen LogP contribution in [0.25, 0.3) is 0 Å². The average molecular weight is 544 g/mol. The number of aliphatic hydroxyl groups is 1. The van der Waals surface area contributed by atoms with Gasteiger partial charge in [0.15, 0.2) is 0 Å². The van der Waals surface area contributed by atoms with Crippen LogP contribution >= 0.6 is 9.24 Å². The lowest BCUT2D eigenvalue weighted by Gasteiger charge is -2.60. The normalized spacial score (nSPS) is 55.8. The van der Waals surface area contributed by atoms with Crippen molar-refractivity contribution in [2.24, 2.45) is 45.8 Å². The molecule has 2 heterocycles. The summed E-state index contributed by atoms with van der Waals surface area (Å²) in [5, 5.41) is 10.4. The van der Waals surface area contributed by atoms with Gasteiger partial charge in [-0.15, -0.1) is 9.24 Å². The fourth-order valence-corrected chi connectivity index (χ4v) is 12.8. The van der Waals surface area contributed by atoms with E-state index in [-0.39, 0.29) is 11.7 Å². The summed E-state index contributed by atoms with van der Waals surface area (Å²) in [6.07, 6.45) is 16.3. The molecule has 38 heavy (non-hydrogen) atoms. The van der Waals surface area contributed by atoms with Crippen LogP contribution in [0.2, 0.25) is 0 Å². The predicted octanol–water partition coefficient (Wildman–Crippen LogP) is 5.02. The monoisotopic (exact) mass is 543 g/mol. The molecule has 0 radical (unpaired) electrons. The Balaban J connectivity index is 1.02. The number of piperidine rings is 1. The van der Waals surface area contributed by atoms with Crippen LogP contribution in [0.5, 0.6) is 0 Å². The first-order chi connectivity index (χ1) is 18.4. The summed E-state index contributed by atoms with van der Waals surface area (Å²) < 4.78 is 18.8. The van der Waals surface area contributed by atoms with Crippen LogP contribution in [0, 0.1) is 45.8 Å². The molecule has 0 aromatic carbocycles. The SMILES string of the molecule is C[C@H]1C[C@H]2O[C@@]34CC[C@H]5C6CCC7=C[C@@H](O)CC[C@]7(C)[C@H]6CC56CC63C[C@@H]4[C@@H]2N(CCOCCOCP)C1. The van der Waals surface area contributed by atoms with Gasteiger partial charge in [-0.25, -0.2) is 0 Å². The number of fused-ring (bicyclic) bond motifs is 6. The third-order valence-corrected chi connectivity index (χ3v) is 14.2. The van der Waals surface area contributed by atoms with E-state index in [0.29, 0.717) is 53.9 Å². The maximum atomic E-state index is 10.4. The van der Waals surface area contributed by atoms with Crippen molar-refractivity contribution in [3.63, 3.8) is 0 Å². The zero-order valence-electron chi connectivity index (χ0n) is 23.7. The van der Waals surface area contributed by atoms with Crippen molar-refractivity contribution < 1.29 is 19.3 Å². The number of nitrogens with zero attached hydrogens (tertiary/aromatic N) is 1. The van der Waals surface area contributed by atoms with Crippen molar-refractivity contribution in [1.82, 2.24) is 4.90 Å². The highest BCUT2D eigenvalue weighted by atomic mass is 31.0. The van der Waals surface area contributed by atoms with Gasteiger partial charge in [0.1, 0.15) is 0 Å². The minimum absolute atomic E-state index is 0.171. The van der Waals surface area contributed by atoms with Crippen molar-refractivity contribution >= 4 is 9.24 Å². The molecule has 7 fully saturated rings. The van der Waals surface area contributed by atoms with E-state index in [2.05, 4.69) is 34.1 Å². The Morgan fingerprint density at radius 3 is 2.82 bits per heavy atom. The van der Waals surface area contributed by atoms with Crippen LogP contribution in [0.4, 0.5) is 0 Å². The van der Waals surface area contributed by atoms with Crippen molar-refractivity contribution in [2.45, 2.75) is 102 Å². The van der Waals surface area contributed by atoms with Crippen LogP contribution in [0.15, 0.2) is 11.6 Å². The predicted molar refractivity (Wildman–Crippen MR) is 151 cm³/mol. The fraction of sp³-hybridized carbons (Fsp3) is 0.938. The Kier molecular flexibility index (Phi) is 5.90. The van der Waals surface area contributed by atoms with Crippen molar-refractivity contribution in [2.75, 3.05) is 39.3 Å². The Bertz CT molecular complexity index is 1010. The van der Waals surface area contributed by atoms with Gasteiger partial charge >= 0.3 is 0 Å². The minimum atomic E-state index is -0.200. The highest BCUT2D eigenvalue weighted by Gasteiger charge is 2.91. The second kappa shape index (κ2) is 8.74. The van der Waals surface area contributed by atoms with Gasteiger partial charge in [0, 0.05) is 30.5 Å². The first kappa shape index (κ1) is 25.7. The van der Waals surface area contributed by atoms with E-state index in [1.54, 1.807) is 5.57 Å². The van der Waals surface area contributed by atoms with Gasteiger partial charge in [-0.2, -0.15) is 0 Å². The van der Waals surface area contributed by atoms with Gasteiger partial charge < -0.3 is 19.3 Å². The molecule has 0 amide bonds. The Morgan fingerprint density at radius 1 is 1.08 bits per heavy atom. The summed E-state index contributed by atoms with van der Waals surface area (Å²) in [6.45, 7) is 9.43. The van der Waals surface area contributed by atoms with Gasteiger partial charge in [0.05, 0.1) is 44.0 Å². The van der Waals surface area contributed by atoms with E-state index < -0.39 is 0 Å². The van der Waals surface area contributed by atoms with Gasteiger partial charge in [0.2, 0.25) is 0 Å². The number of hydrogen-bond acceptors (Lipinski definition) is 5. The van der Waals surface area contributed by atoms with Crippen LogP contribution in [-0.2, 0) is 14.2 Å². The van der Waals surface area contributed by atoms with Crippen LogP contribution in [0.1, 0.15) is 78.1 Å². The molecule has 2 aliphatic heterocycles. The number of likely N-dealkylation sites (tertiary alicyclic amines) is 1. The van der Waals surface area contributed by atoms with E-state index in [0.717, 1.165) is 43.2 Å². The van der Waals surface area contributed by atoms with Crippen molar-refractivity contribution in [1.29, 1.82) is 0 Å². The molecule has 8 aliphatic rings. The number of rotatable bonds is 7. The summed E-state index contributed by atoms with van der Waals surface area (Å²) in [6, 6.07) is 0.605. The number of aliphatic hydroxyl groups excluding tert-OH is 1. The Hall–Kier alpha value is -0.0300. The molecule has 5 saturated carbocycles. The topological polar surface area (TPSA) is 51.2 Å². The lowest BCUT2D eigenvalue weighted by Crippen LogP contribution is -2.64. The zero-order chi connectivity index (χ0) is 25.9. The molecular weight excluding hydrogens is 493 g/mol. The second-order valence-corrected chi connectivity index (χ2v) is 15.5. The van der Waals surface area contributed by atoms with Gasteiger partial charge in [-0.05, 0) is 98.7 Å². The summed E-state index contributed by atoms with van der Waals surface area (Å²) in [7, 11) is 2.61. The zero-order valence-corrected chi connectivity index (χ0v) is 24.9. The summed E-state index contributed by atoms with van der Waals surface area (Å²) >= 11 is 0. The maximum Gasteiger partial charge on any atom is 0.0793 e. The Labute approximate surface area is 232 Å². The number of hydrogen-bond donors (Lipinski definition) is 1. The van der Waals surface area contributed by atoms with Gasteiger partial charge in [-0.1, -0.05) is 25.5 Å².